The van der Waals surface area contributed by atoms with Crippen molar-refractivity contribution in [1.29, 1.82) is 0 Å². The summed E-state index contributed by atoms with van der Waals surface area (Å²) < 4.78 is 9.87. The second kappa shape index (κ2) is 4.68. The highest BCUT2D eigenvalue weighted by Gasteiger charge is 2.46. The Kier molecular flexibility index (Phi) is 3.38. The van der Waals surface area contributed by atoms with Crippen LogP contribution < -0.4 is 4.74 Å². The molecule has 0 saturated carbocycles. The van der Waals surface area contributed by atoms with E-state index in [2.05, 4.69) is 0 Å². The van der Waals surface area contributed by atoms with Crippen LogP contribution in [-0.2, 0) is 9.53 Å². The van der Waals surface area contributed by atoms with Crippen LogP contribution in [-0.4, -0.2) is 41.6 Å². The van der Waals surface area contributed by atoms with Gasteiger partial charge in [-0.1, -0.05) is 12.1 Å². The Morgan fingerprint density at radius 3 is 2.56 bits per heavy atom. The Bertz CT molecular complexity index is 437. The number of Topliss-reactive ketones (excluding diaryl/α,β-unsaturated/α-hetero) is 1. The molecule has 0 amide bonds. The Hall–Kier alpha value is -1.43. The molecule has 1 aliphatic rings. The molecule has 1 aromatic carbocycles. The summed E-state index contributed by atoms with van der Waals surface area (Å²) in [6, 6.07) is 6.82. The van der Waals surface area contributed by atoms with Gasteiger partial charge in [-0.05, 0) is 24.6 Å². The van der Waals surface area contributed by atoms with Crippen LogP contribution in [0.2, 0.25) is 0 Å². The highest BCUT2D eigenvalue weighted by atomic mass is 16.6. The molecule has 1 aromatic rings. The van der Waals surface area contributed by atoms with E-state index in [1.54, 1.807) is 31.4 Å². The van der Waals surface area contributed by atoms with Crippen LogP contribution in [0.4, 0.5) is 0 Å². The maximum atomic E-state index is 11.9. The van der Waals surface area contributed by atoms with Crippen LogP contribution >= 0.6 is 0 Å². The standard InChI is InChI=1S/C13H16O5/c1-13(16)7-18-12(15)11(14)10(13)8-3-5-9(17-2)6-4-8/h3-6,10,12,15-16H,7H2,1-2H3. The first kappa shape index (κ1) is 13.0. The molecule has 18 heavy (non-hydrogen) atoms. The van der Waals surface area contributed by atoms with E-state index >= 15 is 0 Å². The van der Waals surface area contributed by atoms with Gasteiger partial charge in [0.05, 0.1) is 25.2 Å². The van der Waals surface area contributed by atoms with E-state index in [9.17, 15) is 15.0 Å². The minimum atomic E-state index is -1.47. The van der Waals surface area contributed by atoms with Crippen LogP contribution in [0.1, 0.15) is 18.4 Å². The molecule has 3 unspecified atom stereocenters. The van der Waals surface area contributed by atoms with Crippen molar-refractivity contribution in [1.82, 2.24) is 0 Å². The number of benzene rings is 1. The number of ether oxygens (including phenoxy) is 2. The fourth-order valence-electron chi connectivity index (χ4n) is 2.18. The average molecular weight is 252 g/mol. The van der Waals surface area contributed by atoms with Gasteiger partial charge in [0.1, 0.15) is 5.75 Å². The van der Waals surface area contributed by atoms with Gasteiger partial charge in [-0.25, -0.2) is 0 Å². The monoisotopic (exact) mass is 252 g/mol. The quantitative estimate of drug-likeness (QED) is 0.799. The summed E-state index contributed by atoms with van der Waals surface area (Å²) in [6.07, 6.45) is -1.47. The first-order valence-electron chi connectivity index (χ1n) is 5.65. The molecule has 1 fully saturated rings. The molecule has 0 bridgehead atoms. The average Bonchev–Trinajstić information content (AvgIpc) is 2.35. The summed E-state index contributed by atoms with van der Waals surface area (Å²) in [5.41, 5.74) is -0.696. The lowest BCUT2D eigenvalue weighted by molar-refractivity contribution is -0.197. The van der Waals surface area contributed by atoms with Crippen LogP contribution in [0.3, 0.4) is 0 Å². The molecular weight excluding hydrogens is 236 g/mol. The summed E-state index contributed by atoms with van der Waals surface area (Å²) in [6.45, 7) is 1.43. The zero-order chi connectivity index (χ0) is 13.3. The Morgan fingerprint density at radius 1 is 1.39 bits per heavy atom. The number of methoxy groups -OCH3 is 1. The predicted octanol–water partition coefficient (Wildman–Crippen LogP) is 0.447. The van der Waals surface area contributed by atoms with Crippen molar-refractivity contribution >= 4 is 5.78 Å². The largest absolute Gasteiger partial charge is 0.497 e. The predicted molar refractivity (Wildman–Crippen MR) is 63.3 cm³/mol. The second-order valence-corrected chi connectivity index (χ2v) is 4.63. The normalized spacial score (nSPS) is 32.3. The third-order valence-electron chi connectivity index (χ3n) is 3.13. The zero-order valence-corrected chi connectivity index (χ0v) is 10.3. The van der Waals surface area contributed by atoms with Gasteiger partial charge in [-0.15, -0.1) is 0 Å². The lowest BCUT2D eigenvalue weighted by Crippen LogP contribution is -2.51. The van der Waals surface area contributed by atoms with Gasteiger partial charge in [0, 0.05) is 0 Å². The van der Waals surface area contributed by atoms with Crippen LogP contribution in [0.15, 0.2) is 24.3 Å². The molecule has 1 saturated heterocycles. The molecule has 0 aromatic heterocycles. The van der Waals surface area contributed by atoms with Gasteiger partial charge < -0.3 is 19.7 Å². The second-order valence-electron chi connectivity index (χ2n) is 4.63. The van der Waals surface area contributed by atoms with Gasteiger partial charge >= 0.3 is 0 Å². The maximum absolute atomic E-state index is 11.9. The number of hydrogen-bond donors (Lipinski definition) is 2. The van der Waals surface area contributed by atoms with E-state index in [0.717, 1.165) is 0 Å². The van der Waals surface area contributed by atoms with E-state index in [0.29, 0.717) is 11.3 Å². The summed E-state index contributed by atoms with van der Waals surface area (Å²) in [5.74, 6) is -0.665. The van der Waals surface area contributed by atoms with E-state index in [1.807, 2.05) is 0 Å². The highest BCUT2D eigenvalue weighted by Crippen LogP contribution is 2.35. The van der Waals surface area contributed by atoms with E-state index in [4.69, 9.17) is 9.47 Å². The fraction of sp³-hybridized carbons (Fsp3) is 0.462. The van der Waals surface area contributed by atoms with Crippen molar-refractivity contribution in [3.8, 4) is 5.75 Å². The van der Waals surface area contributed by atoms with Crippen LogP contribution in [0.25, 0.3) is 0 Å². The molecular formula is C13H16O5. The third-order valence-corrected chi connectivity index (χ3v) is 3.13. The Morgan fingerprint density at radius 2 is 2.00 bits per heavy atom. The Balaban J connectivity index is 2.35. The molecule has 1 heterocycles. The summed E-state index contributed by atoms with van der Waals surface area (Å²) >= 11 is 0. The first-order valence-corrected chi connectivity index (χ1v) is 5.65. The molecule has 98 valence electrons. The van der Waals surface area contributed by atoms with Crippen molar-refractivity contribution in [3.63, 3.8) is 0 Å². The van der Waals surface area contributed by atoms with Crippen LogP contribution in [0.5, 0.6) is 5.75 Å². The smallest absolute Gasteiger partial charge is 0.216 e. The molecule has 5 nitrogen and oxygen atoms in total. The van der Waals surface area contributed by atoms with Crippen molar-refractivity contribution in [2.45, 2.75) is 24.7 Å². The van der Waals surface area contributed by atoms with E-state index < -0.39 is 23.6 Å². The van der Waals surface area contributed by atoms with Crippen LogP contribution in [0, 0.1) is 0 Å². The van der Waals surface area contributed by atoms with E-state index in [-0.39, 0.29) is 6.61 Å². The minimum absolute atomic E-state index is 0.0867. The fourth-order valence-corrected chi connectivity index (χ4v) is 2.18. The molecule has 5 heteroatoms. The van der Waals surface area contributed by atoms with Crippen molar-refractivity contribution in [2.24, 2.45) is 0 Å². The summed E-state index contributed by atoms with van der Waals surface area (Å²) in [4.78, 5) is 11.9. The first-order chi connectivity index (χ1) is 8.45. The lowest BCUT2D eigenvalue weighted by Gasteiger charge is -2.37. The number of ketones is 1. The zero-order valence-electron chi connectivity index (χ0n) is 10.3. The van der Waals surface area contributed by atoms with Gasteiger partial charge in [0.25, 0.3) is 0 Å². The maximum Gasteiger partial charge on any atom is 0.216 e. The molecule has 0 spiro atoms. The van der Waals surface area contributed by atoms with Gasteiger partial charge in [-0.3, -0.25) is 4.79 Å². The number of hydrogen-bond acceptors (Lipinski definition) is 5. The molecule has 2 rings (SSSR count). The topological polar surface area (TPSA) is 76.0 Å². The number of aliphatic hydroxyl groups excluding tert-OH is 1. The van der Waals surface area contributed by atoms with Crippen molar-refractivity contribution in [3.05, 3.63) is 29.8 Å². The molecule has 0 aliphatic carbocycles. The number of aliphatic hydroxyl groups is 2. The highest BCUT2D eigenvalue weighted by molar-refractivity contribution is 5.90. The molecule has 2 N–H and O–H groups in total. The van der Waals surface area contributed by atoms with Gasteiger partial charge in [0.2, 0.25) is 6.29 Å². The SMILES string of the molecule is COc1ccc(C2C(=O)C(O)OCC2(C)O)cc1. The molecule has 1 aliphatic heterocycles. The summed E-state index contributed by atoms with van der Waals surface area (Å²) in [5, 5.41) is 19.6. The number of rotatable bonds is 2. The third kappa shape index (κ3) is 2.25. The molecule has 0 radical (unpaired) electrons. The number of carbonyl (C=O) groups is 1. The van der Waals surface area contributed by atoms with E-state index in [1.165, 1.54) is 6.92 Å². The van der Waals surface area contributed by atoms with Crippen molar-refractivity contribution in [2.75, 3.05) is 13.7 Å². The van der Waals surface area contributed by atoms with Gasteiger partial charge in [0.15, 0.2) is 5.78 Å². The summed E-state index contributed by atoms with van der Waals surface area (Å²) in [7, 11) is 1.55. The Labute approximate surface area is 105 Å². The lowest BCUT2D eigenvalue weighted by atomic mass is 9.79. The van der Waals surface area contributed by atoms with Gasteiger partial charge in [-0.2, -0.15) is 0 Å². The molecule has 3 atom stereocenters. The van der Waals surface area contributed by atoms with Crippen molar-refractivity contribution < 1.29 is 24.5 Å². The number of carbonyl (C=O) groups excluding carboxylic acids is 1. The minimum Gasteiger partial charge on any atom is -0.497 e.